The van der Waals surface area contributed by atoms with Gasteiger partial charge < -0.3 is 4.74 Å². The Bertz CT molecular complexity index is 454. The molecule has 0 heterocycles. The number of alkyl halides is 1. The first-order chi connectivity index (χ1) is 9.43. The van der Waals surface area contributed by atoms with E-state index in [9.17, 15) is 17.6 Å². The highest BCUT2D eigenvalue weighted by atomic mass is 32.2. The highest BCUT2D eigenvalue weighted by Gasteiger charge is 2.21. The van der Waals surface area contributed by atoms with Gasteiger partial charge in [-0.1, -0.05) is 13.5 Å². The largest absolute Gasteiger partial charge is 0.461 e. The molecule has 0 saturated carbocycles. The molecule has 0 aromatic rings. The van der Waals surface area contributed by atoms with Crippen LogP contribution < -0.4 is 4.72 Å². The van der Waals surface area contributed by atoms with Crippen molar-refractivity contribution in [2.75, 3.05) is 18.9 Å². The monoisotopic (exact) mass is 323 g/mol. The van der Waals surface area contributed by atoms with E-state index in [4.69, 9.17) is 4.74 Å². The molecule has 0 fully saturated rings. The zero-order valence-electron chi connectivity index (χ0n) is 13.2. The van der Waals surface area contributed by atoms with E-state index in [0.717, 1.165) is 0 Å². The predicted molar refractivity (Wildman–Crippen MR) is 81.1 cm³/mol. The first kappa shape index (κ1) is 20.1. The number of hydrogen-bond donors (Lipinski definition) is 1. The minimum absolute atomic E-state index is 0.0182. The number of esters is 1. The molecule has 0 saturated heterocycles. The standard InChI is InChI=1S/C14H26FNO4S/c1-11(2)13(17)20-8-7-16-21(18,19)9-6-12(3)10-14(4,5)15/h12,16H,1,6-10H2,2-5H3. The molecule has 0 aliphatic heterocycles. The van der Waals surface area contributed by atoms with Gasteiger partial charge >= 0.3 is 5.97 Å². The molecule has 1 N–H and O–H groups in total. The average Bonchev–Trinajstić information content (AvgIpc) is 2.30. The summed E-state index contributed by atoms with van der Waals surface area (Å²) < 4.78 is 44.0. The highest BCUT2D eigenvalue weighted by Crippen LogP contribution is 2.22. The summed E-state index contributed by atoms with van der Waals surface area (Å²) in [4.78, 5) is 11.1. The zero-order chi connectivity index (χ0) is 16.7. The van der Waals surface area contributed by atoms with Crippen LogP contribution in [0.15, 0.2) is 12.2 Å². The van der Waals surface area contributed by atoms with Gasteiger partial charge in [-0.3, -0.25) is 0 Å². The summed E-state index contributed by atoms with van der Waals surface area (Å²) in [7, 11) is -3.44. The second-order valence-corrected chi connectivity index (χ2v) is 7.87. The third-order valence-corrected chi connectivity index (χ3v) is 4.14. The molecule has 21 heavy (non-hydrogen) atoms. The van der Waals surface area contributed by atoms with Crippen LogP contribution >= 0.6 is 0 Å². The molecule has 1 unspecified atom stereocenters. The van der Waals surface area contributed by atoms with Crippen molar-refractivity contribution in [1.82, 2.24) is 4.72 Å². The number of sulfonamides is 1. The van der Waals surface area contributed by atoms with Gasteiger partial charge in [0, 0.05) is 12.1 Å². The number of carbonyl (C=O) groups excluding carboxylic acids is 1. The van der Waals surface area contributed by atoms with Crippen LogP contribution in [-0.2, 0) is 19.6 Å². The molecule has 0 spiro atoms. The summed E-state index contributed by atoms with van der Waals surface area (Å²) in [6.07, 6.45) is 0.701. The first-order valence-corrected chi connectivity index (χ1v) is 8.57. The Morgan fingerprint density at radius 2 is 2.00 bits per heavy atom. The lowest BCUT2D eigenvalue weighted by Gasteiger charge is -2.19. The summed E-state index contributed by atoms with van der Waals surface area (Å²) >= 11 is 0. The minimum Gasteiger partial charge on any atom is -0.461 e. The predicted octanol–water partition coefficient (Wildman–Crippen LogP) is 2.19. The van der Waals surface area contributed by atoms with Crippen molar-refractivity contribution in [2.45, 2.75) is 46.2 Å². The summed E-state index contributed by atoms with van der Waals surface area (Å²) in [5, 5.41) is 0. The van der Waals surface area contributed by atoms with Gasteiger partial charge in [0.25, 0.3) is 0 Å². The average molecular weight is 323 g/mol. The maximum Gasteiger partial charge on any atom is 0.333 e. The van der Waals surface area contributed by atoms with Crippen LogP contribution in [-0.4, -0.2) is 39.0 Å². The molecule has 0 aliphatic carbocycles. The summed E-state index contributed by atoms with van der Waals surface area (Å²) in [5.41, 5.74) is -1.03. The molecule has 0 aromatic heterocycles. The van der Waals surface area contributed by atoms with Crippen LogP contribution in [0.1, 0.15) is 40.5 Å². The number of ether oxygens (including phenoxy) is 1. The van der Waals surface area contributed by atoms with E-state index in [1.165, 1.54) is 20.8 Å². The maximum atomic E-state index is 13.4. The Kier molecular flexibility index (Phi) is 8.10. The fraction of sp³-hybridized carbons (Fsp3) is 0.786. The summed E-state index contributed by atoms with van der Waals surface area (Å²) in [6.45, 7) is 9.69. The summed E-state index contributed by atoms with van der Waals surface area (Å²) in [6, 6.07) is 0. The van der Waals surface area contributed by atoms with Crippen LogP contribution in [0.5, 0.6) is 0 Å². The Balaban J connectivity index is 3.99. The second kappa shape index (κ2) is 8.48. The lowest BCUT2D eigenvalue weighted by Crippen LogP contribution is -2.31. The van der Waals surface area contributed by atoms with E-state index in [1.807, 2.05) is 6.92 Å². The molecule has 1 atom stereocenters. The van der Waals surface area contributed by atoms with E-state index < -0.39 is 21.7 Å². The molecular weight excluding hydrogens is 297 g/mol. The Morgan fingerprint density at radius 1 is 1.43 bits per heavy atom. The lowest BCUT2D eigenvalue weighted by atomic mass is 9.95. The maximum absolute atomic E-state index is 13.4. The molecule has 0 aliphatic rings. The van der Waals surface area contributed by atoms with Crippen molar-refractivity contribution in [3.05, 3.63) is 12.2 Å². The van der Waals surface area contributed by atoms with E-state index in [-0.39, 0.29) is 30.4 Å². The molecule has 5 nitrogen and oxygen atoms in total. The van der Waals surface area contributed by atoms with Crippen LogP contribution in [0.2, 0.25) is 0 Å². The van der Waals surface area contributed by atoms with Crippen LogP contribution in [0.3, 0.4) is 0 Å². The van der Waals surface area contributed by atoms with Crippen molar-refractivity contribution >= 4 is 16.0 Å². The van der Waals surface area contributed by atoms with Crippen LogP contribution in [0.4, 0.5) is 4.39 Å². The number of halogens is 1. The lowest BCUT2D eigenvalue weighted by molar-refractivity contribution is -0.138. The Labute approximate surface area is 127 Å². The molecule has 7 heteroatoms. The SMILES string of the molecule is C=C(C)C(=O)OCCNS(=O)(=O)CCC(C)CC(C)(C)F. The van der Waals surface area contributed by atoms with E-state index in [0.29, 0.717) is 12.8 Å². The van der Waals surface area contributed by atoms with Crippen LogP contribution in [0.25, 0.3) is 0 Å². The number of carbonyl (C=O) groups is 1. The third kappa shape index (κ3) is 11.4. The number of nitrogens with one attached hydrogen (secondary N) is 1. The second-order valence-electron chi connectivity index (χ2n) is 5.95. The van der Waals surface area contributed by atoms with E-state index in [1.54, 1.807) is 0 Å². The molecule has 0 bridgehead atoms. The zero-order valence-corrected chi connectivity index (χ0v) is 14.1. The fourth-order valence-electron chi connectivity index (χ4n) is 1.82. The van der Waals surface area contributed by atoms with Crippen molar-refractivity contribution in [3.63, 3.8) is 0 Å². The molecule has 124 valence electrons. The van der Waals surface area contributed by atoms with Gasteiger partial charge in [-0.2, -0.15) is 0 Å². The third-order valence-electron chi connectivity index (χ3n) is 2.72. The smallest absolute Gasteiger partial charge is 0.333 e. The number of hydrogen-bond acceptors (Lipinski definition) is 4. The van der Waals surface area contributed by atoms with E-state index >= 15 is 0 Å². The number of rotatable bonds is 10. The molecule has 0 rings (SSSR count). The molecule has 0 aromatic carbocycles. The topological polar surface area (TPSA) is 72.5 Å². The minimum atomic E-state index is -3.44. The van der Waals surface area contributed by atoms with Gasteiger partial charge in [-0.05, 0) is 39.5 Å². The van der Waals surface area contributed by atoms with Gasteiger partial charge in [0.15, 0.2) is 0 Å². The Hall–Kier alpha value is -0.950. The summed E-state index contributed by atoms with van der Waals surface area (Å²) in [5.74, 6) is -0.644. The van der Waals surface area contributed by atoms with Crippen LogP contribution in [0, 0.1) is 5.92 Å². The molecular formula is C14H26FNO4S. The van der Waals surface area contributed by atoms with E-state index in [2.05, 4.69) is 11.3 Å². The quantitative estimate of drug-likeness (QED) is 0.380. The van der Waals surface area contributed by atoms with Gasteiger partial charge in [0.1, 0.15) is 12.3 Å². The van der Waals surface area contributed by atoms with Gasteiger partial charge in [0.05, 0.1) is 5.75 Å². The Morgan fingerprint density at radius 3 is 2.48 bits per heavy atom. The molecule has 0 radical (unpaired) electrons. The van der Waals surface area contributed by atoms with Gasteiger partial charge in [-0.15, -0.1) is 0 Å². The first-order valence-electron chi connectivity index (χ1n) is 6.92. The highest BCUT2D eigenvalue weighted by molar-refractivity contribution is 7.89. The van der Waals surface area contributed by atoms with Crippen molar-refractivity contribution in [2.24, 2.45) is 5.92 Å². The van der Waals surface area contributed by atoms with Crippen molar-refractivity contribution in [1.29, 1.82) is 0 Å². The van der Waals surface area contributed by atoms with Crippen molar-refractivity contribution in [3.8, 4) is 0 Å². The van der Waals surface area contributed by atoms with Gasteiger partial charge in [-0.25, -0.2) is 22.3 Å². The normalized spacial score (nSPS) is 13.8. The van der Waals surface area contributed by atoms with Gasteiger partial charge in [0.2, 0.25) is 10.0 Å². The molecule has 0 amide bonds. The fourth-order valence-corrected chi connectivity index (χ4v) is 3.07. The van der Waals surface area contributed by atoms with Crippen molar-refractivity contribution < 1.29 is 22.3 Å².